The minimum absolute atomic E-state index is 0.438. The van der Waals surface area contributed by atoms with E-state index in [1.54, 1.807) is 31.6 Å². The highest BCUT2D eigenvalue weighted by Gasteiger charge is 1.80. The fourth-order valence-corrected chi connectivity index (χ4v) is 5.68. The number of hydrogen-bond donors (Lipinski definition) is 0. The molecule has 0 aliphatic heterocycles. The maximum atomic E-state index is 2.42. The van der Waals surface area contributed by atoms with E-state index in [1.165, 1.54) is 99.3 Å². The van der Waals surface area contributed by atoms with E-state index in [4.69, 9.17) is 0 Å². The van der Waals surface area contributed by atoms with Crippen molar-refractivity contribution in [2.24, 2.45) is 0 Å². The van der Waals surface area contributed by atoms with Gasteiger partial charge in [0.15, 0.2) is 0 Å². The maximum absolute atomic E-state index is 2.42. The van der Waals surface area contributed by atoms with Gasteiger partial charge in [-0.2, -0.15) is 0 Å². The van der Waals surface area contributed by atoms with Crippen molar-refractivity contribution >= 4 is 109 Å². The summed E-state index contributed by atoms with van der Waals surface area (Å²) in [6.45, 7) is 7.04. The van der Waals surface area contributed by atoms with Gasteiger partial charge in [-0.05, 0) is 48.6 Å². The van der Waals surface area contributed by atoms with Crippen molar-refractivity contribution < 1.29 is 0 Å². The van der Waals surface area contributed by atoms with E-state index >= 15 is 0 Å². The van der Waals surface area contributed by atoms with Crippen molar-refractivity contribution in [3.63, 3.8) is 0 Å². The lowest BCUT2D eigenvalue weighted by atomic mass is 10.2. The van der Waals surface area contributed by atoms with E-state index in [0.29, 0.717) is 27.6 Å². The summed E-state index contributed by atoms with van der Waals surface area (Å²) in [5, 5.41) is 0. The van der Waals surface area contributed by atoms with Crippen molar-refractivity contribution in [1.29, 1.82) is 0 Å². The molecule has 0 heterocycles. The SMILES string of the molecule is CCCCCC[SiH3].C[SiH2]CC[SiH2]C.[SiH3]C[SiH3].[SiH3]N([SiH3])[SiH3].[SiH3][SiH2][SiH3]. The third-order valence-electron chi connectivity index (χ3n) is 2.16. The summed E-state index contributed by atoms with van der Waals surface area (Å²) in [6.07, 6.45) is 5.78. The lowest BCUT2D eigenvalue weighted by Gasteiger charge is -1.91. The molecule has 1 nitrogen and oxygen atoms in total. The van der Waals surface area contributed by atoms with Crippen LogP contribution in [0.15, 0.2) is 0 Å². The topological polar surface area (TPSA) is 3.24 Å². The molecule has 0 saturated carbocycles. The molecule has 148 valence electrons. The van der Waals surface area contributed by atoms with Crippen LogP contribution in [0.4, 0.5) is 0 Å². The van der Waals surface area contributed by atoms with Crippen LogP contribution in [0.3, 0.4) is 0 Å². The Morgan fingerprint density at radius 2 is 1.09 bits per heavy atom. The molecule has 0 unspecified atom stereocenters. The van der Waals surface area contributed by atoms with Gasteiger partial charge in [0, 0.05) is 29.3 Å². The predicted octanol–water partition coefficient (Wildman–Crippen LogP) is -7.45. The van der Waals surface area contributed by atoms with Crippen LogP contribution >= 0.6 is 0 Å². The first-order valence-electron chi connectivity index (χ1n) is 10.5. The zero-order valence-corrected chi connectivity index (χ0v) is 39.5. The summed E-state index contributed by atoms with van der Waals surface area (Å²) in [4.78, 5) is 0. The molecule has 0 aromatic heterocycles. The summed E-state index contributed by atoms with van der Waals surface area (Å²) in [5.41, 5.74) is 1.53. The van der Waals surface area contributed by atoms with E-state index < -0.39 is 0 Å². The van der Waals surface area contributed by atoms with Crippen LogP contribution in [-0.2, 0) is 0 Å². The van der Waals surface area contributed by atoms with Crippen molar-refractivity contribution in [3.05, 3.63) is 0 Å². The third kappa shape index (κ3) is 139. The van der Waals surface area contributed by atoms with Crippen molar-refractivity contribution in [1.82, 2.24) is 3.90 Å². The van der Waals surface area contributed by atoms with Gasteiger partial charge in [-0.25, -0.2) is 0 Å². The van der Waals surface area contributed by atoms with E-state index in [2.05, 4.69) is 23.9 Å². The summed E-state index contributed by atoms with van der Waals surface area (Å²) in [7, 11) is 12.9. The lowest BCUT2D eigenvalue weighted by molar-refractivity contribution is 0.701. The average Bonchev–Trinajstić information content (AvgIpc) is 2.47. The highest BCUT2D eigenvalue weighted by Crippen LogP contribution is 1.99. The molecule has 0 bridgehead atoms. The molecule has 0 atom stereocenters. The van der Waals surface area contributed by atoms with Crippen LogP contribution < -0.4 is 0 Å². The van der Waals surface area contributed by atoms with Crippen LogP contribution in [0.5, 0.6) is 0 Å². The first kappa shape index (κ1) is 36.3. The number of unbranched alkanes of at least 4 members (excludes halogenated alkanes) is 3. The maximum Gasteiger partial charge on any atom is 0.0625 e. The second kappa shape index (κ2) is 49.7. The Morgan fingerprint density at radius 3 is 1.26 bits per heavy atom. The first-order chi connectivity index (χ1) is 10.9. The number of nitrogens with zero attached hydrogens (tertiary/aromatic N) is 1. The van der Waals surface area contributed by atoms with Gasteiger partial charge in [0.25, 0.3) is 0 Å². The standard InChI is InChI=1S/C6H16Si.C4H14Si2.CH8Si2.H9NSi3.H8Si3/c1-2-3-4-5-6-7;1-5-3-4-6-2;2-1-3;2-1(3)4;1-3-2/h2-6H2,1,7H3;3-6H2,1-2H3;1H2,2-3H3;2-4H3;3H2,1-2H3. The van der Waals surface area contributed by atoms with Crippen LogP contribution in [0.25, 0.3) is 0 Å². The second-order valence-electron chi connectivity index (χ2n) is 6.52. The second-order valence-corrected chi connectivity index (χ2v) is 45.7. The van der Waals surface area contributed by atoms with E-state index in [-0.39, 0.29) is 0 Å². The van der Waals surface area contributed by atoms with Gasteiger partial charge in [0.1, 0.15) is 0 Å². The molecule has 0 aliphatic rings. The smallest absolute Gasteiger partial charge is 0.0625 e. The Morgan fingerprint density at radius 1 is 0.783 bits per heavy atom. The molecule has 23 heavy (non-hydrogen) atoms. The Labute approximate surface area is 181 Å². The normalized spacial score (nSPS) is 11.0. The first-order valence-corrected chi connectivity index (χ1v) is 33.6. The van der Waals surface area contributed by atoms with Gasteiger partial charge >= 0.3 is 0 Å². The lowest BCUT2D eigenvalue weighted by Crippen LogP contribution is -2.08. The van der Waals surface area contributed by atoms with Gasteiger partial charge in [-0.15, -0.1) is 0 Å². The quantitative estimate of drug-likeness (QED) is 0.243. The van der Waals surface area contributed by atoms with Gasteiger partial charge in [0.2, 0.25) is 0 Å². The van der Waals surface area contributed by atoms with Crippen molar-refractivity contribution in [2.75, 3.05) is 0 Å². The zero-order chi connectivity index (χ0) is 19.4. The largest absolute Gasteiger partial charge is 0.390 e. The highest BCUT2D eigenvalue weighted by atomic mass is 29.5. The fourth-order valence-electron chi connectivity index (χ4n) is 1.18. The van der Waals surface area contributed by atoms with Crippen LogP contribution in [-0.4, -0.2) is 113 Å². The van der Waals surface area contributed by atoms with E-state index in [1.807, 2.05) is 0 Å². The molecule has 0 saturated heterocycles. The summed E-state index contributed by atoms with van der Waals surface area (Å²) in [5.74, 6) is 0. The molecule has 0 fully saturated rings. The van der Waals surface area contributed by atoms with Crippen molar-refractivity contribution in [3.8, 4) is 0 Å². The molecule has 0 rings (SSSR count). The monoisotopic (exact) mass is 509 g/mol. The molecule has 0 radical (unpaired) electrons. The molecular formula is C11H55NSi11. The molecule has 0 spiro atoms. The third-order valence-corrected chi connectivity index (χ3v) is 6.29. The Kier molecular flexibility index (Phi) is 78.4. The Bertz CT molecular complexity index is 120. The van der Waals surface area contributed by atoms with Crippen LogP contribution in [0.1, 0.15) is 32.6 Å². The van der Waals surface area contributed by atoms with Gasteiger partial charge in [-0.1, -0.05) is 69.5 Å². The van der Waals surface area contributed by atoms with Crippen LogP contribution in [0, 0.1) is 0 Å². The summed E-state index contributed by atoms with van der Waals surface area (Å²) in [6, 6.07) is 4.73. The predicted molar refractivity (Wildman–Crippen MR) is 162 cm³/mol. The summed E-state index contributed by atoms with van der Waals surface area (Å²) >= 11 is 0. The van der Waals surface area contributed by atoms with E-state index in [0.717, 1.165) is 0 Å². The molecule has 0 aromatic rings. The number of hydrogen-bond acceptors (Lipinski definition) is 1. The fraction of sp³-hybridized carbons (Fsp3) is 1.00. The Hall–Kier alpha value is 2.35. The van der Waals surface area contributed by atoms with Crippen molar-refractivity contribution in [2.45, 2.75) is 69.5 Å². The zero-order valence-electron chi connectivity index (χ0n) is 19.2. The molecular weight excluding hydrogens is 455 g/mol. The average molecular weight is 511 g/mol. The molecule has 0 aromatic carbocycles. The minimum Gasteiger partial charge on any atom is -0.390 e. The molecule has 0 amide bonds. The van der Waals surface area contributed by atoms with Gasteiger partial charge in [-0.3, -0.25) is 0 Å². The number of rotatable bonds is 7. The molecule has 12 heteroatoms. The van der Waals surface area contributed by atoms with E-state index in [9.17, 15) is 0 Å². The van der Waals surface area contributed by atoms with Gasteiger partial charge in [0.05, 0.1) is 31.2 Å². The van der Waals surface area contributed by atoms with Gasteiger partial charge < -0.3 is 3.90 Å². The molecule has 0 aliphatic carbocycles. The Balaban J connectivity index is -0.0000000616. The minimum atomic E-state index is 0.438. The molecule has 0 N–H and O–H groups in total. The van der Waals surface area contributed by atoms with Crippen LogP contribution in [0.2, 0.25) is 36.9 Å². The highest BCUT2D eigenvalue weighted by molar-refractivity contribution is 7.17. The summed E-state index contributed by atoms with van der Waals surface area (Å²) < 4.78 is 2.42.